The first-order chi connectivity index (χ1) is 8.78. The lowest BCUT2D eigenvalue weighted by Gasteiger charge is -2.22. The zero-order valence-corrected chi connectivity index (χ0v) is 11.7. The lowest BCUT2D eigenvalue weighted by atomic mass is 10.1. The normalized spacial score (nSPS) is 24.1. The van der Waals surface area contributed by atoms with Gasteiger partial charge in [0.1, 0.15) is 0 Å². The molecule has 4 heteroatoms. The Bertz CT molecular complexity index is 399. The summed E-state index contributed by atoms with van der Waals surface area (Å²) in [5.41, 5.74) is 2.50. The zero-order chi connectivity index (χ0) is 12.8. The van der Waals surface area contributed by atoms with Crippen LogP contribution in [0.25, 0.3) is 0 Å². The Kier molecular flexibility index (Phi) is 5.35. The van der Waals surface area contributed by atoms with Gasteiger partial charge in [-0.05, 0) is 24.0 Å². The Morgan fingerprint density at radius 2 is 2.06 bits per heavy atom. The topological polar surface area (TPSA) is 38.3 Å². The maximum Gasteiger partial charge on any atom is 0.0713 e. The van der Waals surface area contributed by atoms with Gasteiger partial charge in [-0.3, -0.25) is 4.21 Å². The van der Waals surface area contributed by atoms with Gasteiger partial charge in [0.2, 0.25) is 0 Å². The summed E-state index contributed by atoms with van der Waals surface area (Å²) in [5.74, 6) is 1.70. The van der Waals surface area contributed by atoms with Gasteiger partial charge in [-0.2, -0.15) is 0 Å². The minimum atomic E-state index is -0.572. The summed E-state index contributed by atoms with van der Waals surface area (Å²) >= 11 is 0. The molecule has 0 aliphatic carbocycles. The van der Waals surface area contributed by atoms with Gasteiger partial charge < -0.3 is 10.1 Å². The van der Waals surface area contributed by atoms with Crippen molar-refractivity contribution in [3.63, 3.8) is 0 Å². The molecule has 1 fully saturated rings. The van der Waals surface area contributed by atoms with Crippen LogP contribution in [-0.4, -0.2) is 28.9 Å². The predicted octanol–water partition coefficient (Wildman–Crippen LogP) is 1.83. The van der Waals surface area contributed by atoms with Crippen molar-refractivity contribution in [2.24, 2.45) is 0 Å². The van der Waals surface area contributed by atoms with E-state index >= 15 is 0 Å². The minimum Gasteiger partial charge on any atom is -0.380 e. The molecule has 1 heterocycles. The highest BCUT2D eigenvalue weighted by atomic mass is 32.2. The molecule has 0 spiro atoms. The average molecular weight is 267 g/mol. The molecule has 1 aromatic carbocycles. The molecule has 18 heavy (non-hydrogen) atoms. The summed E-state index contributed by atoms with van der Waals surface area (Å²) in [4.78, 5) is 0. The van der Waals surface area contributed by atoms with Gasteiger partial charge in [0, 0.05) is 42.0 Å². The van der Waals surface area contributed by atoms with Crippen LogP contribution in [0, 0.1) is 0 Å². The molecule has 2 rings (SSSR count). The number of methoxy groups -OCH3 is 1. The second-order valence-corrected chi connectivity index (χ2v) is 6.45. The van der Waals surface area contributed by atoms with Gasteiger partial charge in [0.05, 0.1) is 6.61 Å². The lowest BCUT2D eigenvalue weighted by molar-refractivity contribution is 0.185. The molecule has 0 atom stereocenters. The third kappa shape index (κ3) is 4.19. The zero-order valence-electron chi connectivity index (χ0n) is 10.9. The fraction of sp³-hybridized carbons (Fsp3) is 0.571. The van der Waals surface area contributed by atoms with Crippen LogP contribution in [-0.2, 0) is 28.7 Å². The Labute approximate surface area is 111 Å². The predicted molar refractivity (Wildman–Crippen MR) is 74.9 cm³/mol. The third-order valence-corrected chi connectivity index (χ3v) is 4.67. The smallest absolute Gasteiger partial charge is 0.0713 e. The lowest BCUT2D eigenvalue weighted by Crippen LogP contribution is -2.35. The summed E-state index contributed by atoms with van der Waals surface area (Å²) in [7, 11) is 1.14. The van der Waals surface area contributed by atoms with Crippen molar-refractivity contribution in [2.45, 2.75) is 32.0 Å². The van der Waals surface area contributed by atoms with E-state index in [1.807, 2.05) is 0 Å². The van der Waals surface area contributed by atoms with Crippen molar-refractivity contribution < 1.29 is 8.95 Å². The highest BCUT2D eigenvalue weighted by molar-refractivity contribution is 7.85. The molecule has 100 valence electrons. The average Bonchev–Trinajstić information content (AvgIpc) is 2.39. The highest BCUT2D eigenvalue weighted by Gasteiger charge is 2.16. The summed E-state index contributed by atoms with van der Waals surface area (Å²) in [5, 5.41) is 3.55. The van der Waals surface area contributed by atoms with E-state index < -0.39 is 10.8 Å². The van der Waals surface area contributed by atoms with Crippen molar-refractivity contribution in [3.8, 4) is 0 Å². The van der Waals surface area contributed by atoms with Crippen molar-refractivity contribution in [3.05, 3.63) is 35.4 Å². The minimum absolute atomic E-state index is 0.522. The monoisotopic (exact) mass is 267 g/mol. The Hall–Kier alpha value is -0.710. The molecule has 0 aromatic heterocycles. The van der Waals surface area contributed by atoms with Crippen LogP contribution in [0.4, 0.5) is 0 Å². The van der Waals surface area contributed by atoms with E-state index in [0.29, 0.717) is 12.6 Å². The van der Waals surface area contributed by atoms with Crippen LogP contribution in [0.1, 0.15) is 24.0 Å². The molecule has 1 N–H and O–H groups in total. The van der Waals surface area contributed by atoms with Gasteiger partial charge in [-0.15, -0.1) is 0 Å². The molecule has 1 aliphatic rings. The molecule has 1 saturated heterocycles. The van der Waals surface area contributed by atoms with Crippen molar-refractivity contribution >= 4 is 10.8 Å². The van der Waals surface area contributed by atoms with E-state index in [-0.39, 0.29) is 0 Å². The molecule has 0 amide bonds. The maximum atomic E-state index is 11.3. The number of rotatable bonds is 5. The maximum absolute atomic E-state index is 11.3. The molecule has 1 aliphatic heterocycles. The molecule has 0 saturated carbocycles. The van der Waals surface area contributed by atoms with Gasteiger partial charge >= 0.3 is 0 Å². The molecule has 0 unspecified atom stereocenters. The summed E-state index contributed by atoms with van der Waals surface area (Å²) in [6.07, 6.45) is 2.06. The number of hydrogen-bond donors (Lipinski definition) is 1. The second kappa shape index (κ2) is 7.02. The Balaban J connectivity index is 1.82. The van der Waals surface area contributed by atoms with E-state index in [2.05, 4.69) is 29.6 Å². The fourth-order valence-corrected chi connectivity index (χ4v) is 3.56. The van der Waals surface area contributed by atoms with Gasteiger partial charge in [-0.25, -0.2) is 0 Å². The Morgan fingerprint density at radius 1 is 1.33 bits per heavy atom. The standard InChI is InChI=1S/C14H21NO2S/c1-17-11-13-4-2-3-12(9-13)10-15-14-5-7-18(16)8-6-14/h2-4,9,14-15H,5-8,10-11H2,1H3. The number of nitrogens with one attached hydrogen (secondary N) is 1. The van der Waals surface area contributed by atoms with Crippen LogP contribution < -0.4 is 5.32 Å². The number of benzene rings is 1. The second-order valence-electron chi connectivity index (χ2n) is 4.76. The molecular weight excluding hydrogens is 246 g/mol. The largest absolute Gasteiger partial charge is 0.380 e. The number of ether oxygens (including phenoxy) is 1. The van der Waals surface area contributed by atoms with Crippen molar-refractivity contribution in [1.82, 2.24) is 5.32 Å². The first-order valence-corrected chi connectivity index (χ1v) is 7.92. The van der Waals surface area contributed by atoms with Crippen LogP contribution in [0.2, 0.25) is 0 Å². The van der Waals surface area contributed by atoms with E-state index in [1.165, 1.54) is 11.1 Å². The van der Waals surface area contributed by atoms with Crippen molar-refractivity contribution in [2.75, 3.05) is 18.6 Å². The molecule has 0 bridgehead atoms. The van der Waals surface area contributed by atoms with Crippen LogP contribution in [0.5, 0.6) is 0 Å². The Morgan fingerprint density at radius 3 is 2.78 bits per heavy atom. The van der Waals surface area contributed by atoms with Gasteiger partial charge in [-0.1, -0.05) is 24.3 Å². The summed E-state index contributed by atoms with van der Waals surface area (Å²) < 4.78 is 16.4. The van der Waals surface area contributed by atoms with Gasteiger partial charge in [0.25, 0.3) is 0 Å². The van der Waals surface area contributed by atoms with E-state index in [9.17, 15) is 4.21 Å². The van der Waals surface area contributed by atoms with E-state index in [1.54, 1.807) is 7.11 Å². The molecule has 3 nitrogen and oxygen atoms in total. The van der Waals surface area contributed by atoms with Crippen LogP contribution in [0.15, 0.2) is 24.3 Å². The fourth-order valence-electron chi connectivity index (χ4n) is 2.26. The number of hydrogen-bond acceptors (Lipinski definition) is 3. The van der Waals surface area contributed by atoms with E-state index in [4.69, 9.17) is 4.74 Å². The molecular formula is C14H21NO2S. The van der Waals surface area contributed by atoms with Crippen LogP contribution in [0.3, 0.4) is 0 Å². The molecule has 0 radical (unpaired) electrons. The van der Waals surface area contributed by atoms with Crippen molar-refractivity contribution in [1.29, 1.82) is 0 Å². The van der Waals surface area contributed by atoms with Crippen LogP contribution >= 0.6 is 0 Å². The third-order valence-electron chi connectivity index (χ3n) is 3.29. The molecule has 1 aromatic rings. The van der Waals surface area contributed by atoms with E-state index in [0.717, 1.165) is 30.9 Å². The van der Waals surface area contributed by atoms with Gasteiger partial charge in [0.15, 0.2) is 0 Å². The summed E-state index contributed by atoms with van der Waals surface area (Å²) in [6, 6.07) is 8.98. The SMILES string of the molecule is COCc1cccc(CNC2CCS(=O)CC2)c1. The first kappa shape index (κ1) is 13.7. The summed E-state index contributed by atoms with van der Waals surface area (Å²) in [6.45, 7) is 1.55. The first-order valence-electron chi connectivity index (χ1n) is 6.43. The highest BCUT2D eigenvalue weighted by Crippen LogP contribution is 2.11. The quantitative estimate of drug-likeness (QED) is 0.884.